The number of hydrogen-bond donors (Lipinski definition) is 0. The zero-order valence-corrected chi connectivity index (χ0v) is 13.3. The van der Waals surface area contributed by atoms with E-state index in [1.807, 2.05) is 10.6 Å². The van der Waals surface area contributed by atoms with Gasteiger partial charge in [0.2, 0.25) is 0 Å². The number of nitro groups is 1. The van der Waals surface area contributed by atoms with E-state index in [0.29, 0.717) is 35.4 Å². The highest BCUT2D eigenvalue weighted by molar-refractivity contribution is 9.08. The number of methoxy groups -OCH3 is 1. The predicted octanol–water partition coefficient (Wildman–Crippen LogP) is 2.70. The third-order valence-electron chi connectivity index (χ3n) is 3.21. The molecule has 2 aromatic rings. The minimum absolute atomic E-state index is 0.0779. The van der Waals surface area contributed by atoms with Gasteiger partial charge in [-0.3, -0.25) is 10.1 Å². The van der Waals surface area contributed by atoms with E-state index in [9.17, 15) is 10.1 Å². The van der Waals surface area contributed by atoms with Gasteiger partial charge in [-0.2, -0.15) is 0 Å². The van der Waals surface area contributed by atoms with Gasteiger partial charge in [0.15, 0.2) is 5.82 Å². The number of hydrogen-bond acceptors (Lipinski definition) is 5. The first-order valence-electron chi connectivity index (χ1n) is 6.31. The Bertz CT molecular complexity index is 657. The number of nitrogens with zero attached hydrogens (tertiary/aromatic N) is 4. The fourth-order valence-corrected chi connectivity index (χ4v) is 2.53. The molecule has 112 valence electrons. The summed E-state index contributed by atoms with van der Waals surface area (Å²) >= 11 is 3.37. The second kappa shape index (κ2) is 6.77. The lowest BCUT2D eigenvalue weighted by molar-refractivity contribution is -0.385. The molecule has 0 spiro atoms. The van der Waals surface area contributed by atoms with Gasteiger partial charge in [0.25, 0.3) is 5.69 Å². The van der Waals surface area contributed by atoms with Crippen LogP contribution in [0.5, 0.6) is 0 Å². The Morgan fingerprint density at radius 1 is 1.43 bits per heavy atom. The van der Waals surface area contributed by atoms with Crippen molar-refractivity contribution in [2.45, 2.75) is 18.8 Å². The van der Waals surface area contributed by atoms with Crippen molar-refractivity contribution in [3.63, 3.8) is 0 Å². The molecule has 1 aromatic heterocycles. The lowest BCUT2D eigenvalue weighted by Gasteiger charge is -2.10. The van der Waals surface area contributed by atoms with Crippen LogP contribution in [0.3, 0.4) is 0 Å². The summed E-state index contributed by atoms with van der Waals surface area (Å²) in [5.74, 6) is 1.37. The van der Waals surface area contributed by atoms with Crippen molar-refractivity contribution in [1.82, 2.24) is 14.8 Å². The van der Waals surface area contributed by atoms with E-state index in [1.54, 1.807) is 20.1 Å². The minimum atomic E-state index is -0.389. The first-order valence-corrected chi connectivity index (χ1v) is 7.43. The highest BCUT2D eigenvalue weighted by atomic mass is 79.9. The number of nitro benzene ring substituents is 1. The van der Waals surface area contributed by atoms with E-state index in [2.05, 4.69) is 26.1 Å². The number of aromatic nitrogens is 3. The summed E-state index contributed by atoms with van der Waals surface area (Å²) in [7, 11) is 1.62. The first kappa shape index (κ1) is 15.6. The summed E-state index contributed by atoms with van der Waals surface area (Å²) in [4.78, 5) is 10.7. The van der Waals surface area contributed by atoms with Crippen LogP contribution in [0, 0.1) is 17.0 Å². The molecule has 0 saturated carbocycles. The Morgan fingerprint density at radius 2 is 2.19 bits per heavy atom. The van der Waals surface area contributed by atoms with E-state index in [4.69, 9.17) is 4.74 Å². The molecule has 0 aliphatic carbocycles. The van der Waals surface area contributed by atoms with E-state index in [-0.39, 0.29) is 10.6 Å². The van der Waals surface area contributed by atoms with Gasteiger partial charge in [-0.05, 0) is 6.92 Å². The van der Waals surface area contributed by atoms with E-state index < -0.39 is 0 Å². The molecule has 0 radical (unpaired) electrons. The van der Waals surface area contributed by atoms with Crippen LogP contribution < -0.4 is 0 Å². The molecular weight excluding hydrogens is 340 g/mol. The maximum atomic E-state index is 11.1. The van der Waals surface area contributed by atoms with Crippen LogP contribution in [0.2, 0.25) is 0 Å². The second-order valence-corrected chi connectivity index (χ2v) is 4.99. The number of halogens is 1. The normalized spacial score (nSPS) is 10.8. The topological polar surface area (TPSA) is 83.1 Å². The smallest absolute Gasteiger partial charge is 0.273 e. The van der Waals surface area contributed by atoms with Crippen molar-refractivity contribution < 1.29 is 9.66 Å². The maximum Gasteiger partial charge on any atom is 0.273 e. The van der Waals surface area contributed by atoms with Crippen LogP contribution in [0.25, 0.3) is 11.4 Å². The van der Waals surface area contributed by atoms with Gasteiger partial charge in [-0.15, -0.1) is 10.2 Å². The van der Waals surface area contributed by atoms with Gasteiger partial charge in [-0.1, -0.05) is 28.1 Å². The maximum absolute atomic E-state index is 11.1. The number of alkyl halides is 1. The van der Waals surface area contributed by atoms with Gasteiger partial charge < -0.3 is 9.30 Å². The molecule has 7 nitrogen and oxygen atoms in total. The number of benzene rings is 1. The van der Waals surface area contributed by atoms with Gasteiger partial charge in [0, 0.05) is 30.8 Å². The molecule has 0 aliphatic heterocycles. The zero-order chi connectivity index (χ0) is 15.4. The standard InChI is InChI=1S/C13H15BrN4O3/c1-9-10(4-3-5-11(9)18(19)20)13-16-15-12(8-14)17(13)6-7-21-2/h3-5H,6-8H2,1-2H3. The quantitative estimate of drug-likeness (QED) is 0.452. The molecule has 0 unspecified atom stereocenters. The Labute approximate surface area is 130 Å². The van der Waals surface area contributed by atoms with Crippen molar-refractivity contribution in [3.8, 4) is 11.4 Å². The fraction of sp³-hybridized carbons (Fsp3) is 0.385. The average Bonchev–Trinajstić information content (AvgIpc) is 2.87. The van der Waals surface area contributed by atoms with Crippen LogP contribution >= 0.6 is 15.9 Å². The molecule has 1 aromatic carbocycles. The Balaban J connectivity index is 2.54. The fourth-order valence-electron chi connectivity index (χ4n) is 2.11. The largest absolute Gasteiger partial charge is 0.383 e. The van der Waals surface area contributed by atoms with E-state index in [1.165, 1.54) is 6.07 Å². The summed E-state index contributed by atoms with van der Waals surface area (Å²) in [6.07, 6.45) is 0. The molecule has 0 N–H and O–H groups in total. The molecule has 1 heterocycles. The molecule has 0 amide bonds. The van der Waals surface area contributed by atoms with Crippen molar-refractivity contribution in [3.05, 3.63) is 39.7 Å². The summed E-state index contributed by atoms with van der Waals surface area (Å²) in [6, 6.07) is 4.96. The molecule has 2 rings (SSSR count). The van der Waals surface area contributed by atoms with Crippen molar-refractivity contribution >= 4 is 21.6 Å². The predicted molar refractivity (Wildman–Crippen MR) is 81.4 cm³/mol. The van der Waals surface area contributed by atoms with Crippen molar-refractivity contribution in [2.24, 2.45) is 0 Å². The molecule has 0 bridgehead atoms. The summed E-state index contributed by atoms with van der Waals surface area (Å²) in [5.41, 5.74) is 1.36. The van der Waals surface area contributed by atoms with Gasteiger partial charge in [0.1, 0.15) is 5.82 Å². The minimum Gasteiger partial charge on any atom is -0.383 e. The van der Waals surface area contributed by atoms with Gasteiger partial charge >= 0.3 is 0 Å². The van der Waals surface area contributed by atoms with Crippen LogP contribution in [-0.4, -0.2) is 33.4 Å². The molecule has 0 saturated heterocycles. The molecular formula is C13H15BrN4O3. The number of rotatable bonds is 6. The molecule has 0 atom stereocenters. The van der Waals surface area contributed by atoms with Crippen molar-refractivity contribution in [1.29, 1.82) is 0 Å². The highest BCUT2D eigenvalue weighted by Crippen LogP contribution is 2.29. The van der Waals surface area contributed by atoms with Crippen LogP contribution in [0.1, 0.15) is 11.4 Å². The van der Waals surface area contributed by atoms with E-state index in [0.717, 1.165) is 5.82 Å². The Hall–Kier alpha value is -1.80. The third-order valence-corrected chi connectivity index (χ3v) is 3.71. The second-order valence-electron chi connectivity index (χ2n) is 4.42. The SMILES string of the molecule is COCCn1c(CBr)nnc1-c1cccc([N+](=O)[O-])c1C. The van der Waals surface area contributed by atoms with Crippen LogP contribution in [-0.2, 0) is 16.6 Å². The first-order chi connectivity index (χ1) is 10.1. The van der Waals surface area contributed by atoms with Crippen molar-refractivity contribution in [2.75, 3.05) is 13.7 Å². The van der Waals surface area contributed by atoms with Gasteiger partial charge in [-0.25, -0.2) is 0 Å². The summed E-state index contributed by atoms with van der Waals surface area (Å²) in [5, 5.41) is 19.9. The van der Waals surface area contributed by atoms with Crippen LogP contribution in [0.15, 0.2) is 18.2 Å². The lowest BCUT2D eigenvalue weighted by atomic mass is 10.1. The highest BCUT2D eigenvalue weighted by Gasteiger charge is 2.19. The average molecular weight is 355 g/mol. The summed E-state index contributed by atoms with van der Waals surface area (Å²) < 4.78 is 7.00. The lowest BCUT2D eigenvalue weighted by Crippen LogP contribution is -2.09. The summed E-state index contributed by atoms with van der Waals surface area (Å²) in [6.45, 7) is 2.82. The van der Waals surface area contributed by atoms with E-state index >= 15 is 0 Å². The van der Waals surface area contributed by atoms with Crippen LogP contribution in [0.4, 0.5) is 5.69 Å². The monoisotopic (exact) mass is 354 g/mol. The molecule has 8 heteroatoms. The molecule has 21 heavy (non-hydrogen) atoms. The Kier molecular flexibility index (Phi) is 5.03. The molecule has 0 fully saturated rings. The third kappa shape index (κ3) is 3.11. The zero-order valence-electron chi connectivity index (χ0n) is 11.7. The van der Waals surface area contributed by atoms with Gasteiger partial charge in [0.05, 0.1) is 16.9 Å². The Morgan fingerprint density at radius 3 is 2.81 bits per heavy atom. The number of ether oxygens (including phenoxy) is 1. The molecule has 0 aliphatic rings.